The first-order chi connectivity index (χ1) is 15.9. The number of benzene rings is 1. The van der Waals surface area contributed by atoms with Crippen molar-refractivity contribution in [2.75, 3.05) is 20.2 Å². The topological polar surface area (TPSA) is 110 Å². The lowest BCUT2D eigenvalue weighted by atomic mass is 9.71. The summed E-state index contributed by atoms with van der Waals surface area (Å²) < 4.78 is 5.11. The number of rotatable bonds is 5. The van der Waals surface area contributed by atoms with E-state index in [1.165, 1.54) is 0 Å². The number of nitrogens with zero attached hydrogens (tertiary/aromatic N) is 4. The van der Waals surface area contributed by atoms with Crippen molar-refractivity contribution < 1.29 is 14.3 Å². The monoisotopic (exact) mass is 450 g/mol. The van der Waals surface area contributed by atoms with Gasteiger partial charge in [0.05, 0.1) is 30.3 Å². The number of hydrogen-bond donors (Lipinski definition) is 2. The molecule has 1 aromatic rings. The maximum Gasteiger partial charge on any atom is 0.336 e. The third-order valence-corrected chi connectivity index (χ3v) is 7.66. The first-order valence-corrected chi connectivity index (χ1v) is 11.6. The fraction of sp³-hybridized carbons (Fsp3) is 0.542. The van der Waals surface area contributed by atoms with Crippen LogP contribution in [0.5, 0.6) is 0 Å². The standard InChI is InChI=1S/C24H30N6O3/c1-15-20(14-33-22(15)31)29-10-9-24(23(29)32)7-5-18(6-8-24)27-12-16-3-4-17-13-30(28-26-2)21(25)19(17)11-16/h3-4,11,18,25,27H,5-10,12-14H2,1-2H3. The van der Waals surface area contributed by atoms with E-state index in [0.717, 1.165) is 61.0 Å². The van der Waals surface area contributed by atoms with Crippen molar-refractivity contribution in [2.24, 2.45) is 15.8 Å². The maximum absolute atomic E-state index is 13.3. The number of hydrogen-bond acceptors (Lipinski definition) is 7. The molecule has 2 fully saturated rings. The Labute approximate surface area is 193 Å². The van der Waals surface area contributed by atoms with Gasteiger partial charge in [-0.25, -0.2) is 9.80 Å². The van der Waals surface area contributed by atoms with Gasteiger partial charge in [-0.15, -0.1) is 0 Å². The van der Waals surface area contributed by atoms with Gasteiger partial charge in [-0.2, -0.15) is 5.11 Å². The van der Waals surface area contributed by atoms with Gasteiger partial charge >= 0.3 is 5.97 Å². The fourth-order valence-corrected chi connectivity index (χ4v) is 5.58. The highest BCUT2D eigenvalue weighted by molar-refractivity contribution is 6.00. The van der Waals surface area contributed by atoms with Crippen LogP contribution in [0.25, 0.3) is 0 Å². The van der Waals surface area contributed by atoms with Gasteiger partial charge in [0.2, 0.25) is 5.91 Å². The van der Waals surface area contributed by atoms with Crippen LogP contribution < -0.4 is 5.32 Å². The van der Waals surface area contributed by atoms with E-state index in [4.69, 9.17) is 10.1 Å². The van der Waals surface area contributed by atoms with Gasteiger partial charge in [0.1, 0.15) is 6.61 Å². The molecule has 0 bridgehead atoms. The van der Waals surface area contributed by atoms with E-state index in [1.807, 2.05) is 0 Å². The summed E-state index contributed by atoms with van der Waals surface area (Å²) in [6.45, 7) is 3.96. The molecule has 0 unspecified atom stereocenters. The number of cyclic esters (lactones) is 1. The molecule has 9 nitrogen and oxygen atoms in total. The van der Waals surface area contributed by atoms with Crippen LogP contribution in [0, 0.1) is 10.8 Å². The Morgan fingerprint density at radius 1 is 1.24 bits per heavy atom. The molecule has 2 N–H and O–H groups in total. The highest BCUT2D eigenvalue weighted by Gasteiger charge is 2.50. The van der Waals surface area contributed by atoms with Crippen LogP contribution in [0.1, 0.15) is 55.7 Å². The SMILES string of the molecule is CN=NN1Cc2ccc(CNC3CCC4(CC3)CCN(C3=C(C)C(=O)OC3)C4=O)cc2C1=N. The van der Waals surface area contributed by atoms with E-state index in [0.29, 0.717) is 30.5 Å². The van der Waals surface area contributed by atoms with Crippen molar-refractivity contribution in [1.29, 1.82) is 5.41 Å². The normalized spacial score (nSPS) is 27.5. The zero-order valence-corrected chi connectivity index (χ0v) is 19.2. The van der Waals surface area contributed by atoms with Crippen molar-refractivity contribution in [3.63, 3.8) is 0 Å². The summed E-state index contributed by atoms with van der Waals surface area (Å²) in [6, 6.07) is 6.62. The van der Waals surface area contributed by atoms with E-state index >= 15 is 0 Å². The molecule has 0 atom stereocenters. The van der Waals surface area contributed by atoms with E-state index < -0.39 is 0 Å². The Morgan fingerprint density at radius 3 is 2.73 bits per heavy atom. The highest BCUT2D eigenvalue weighted by Crippen LogP contribution is 2.46. The molecule has 1 aliphatic carbocycles. The first kappa shape index (κ1) is 21.8. The van der Waals surface area contributed by atoms with Crippen molar-refractivity contribution in [1.82, 2.24) is 15.2 Å². The molecule has 1 spiro atoms. The summed E-state index contributed by atoms with van der Waals surface area (Å²) in [5.74, 6) is 0.247. The Kier molecular flexibility index (Phi) is 5.52. The lowest BCUT2D eigenvalue weighted by molar-refractivity contribution is -0.138. The number of ether oxygens (including phenoxy) is 1. The molecule has 1 aromatic carbocycles. The third-order valence-electron chi connectivity index (χ3n) is 7.66. The lowest BCUT2D eigenvalue weighted by Crippen LogP contribution is -2.42. The molecule has 3 aliphatic heterocycles. The summed E-state index contributed by atoms with van der Waals surface area (Å²) in [6.07, 6.45) is 4.50. The van der Waals surface area contributed by atoms with Gasteiger partial charge in [-0.3, -0.25) is 10.2 Å². The van der Waals surface area contributed by atoms with Gasteiger partial charge in [-0.05, 0) is 56.2 Å². The summed E-state index contributed by atoms with van der Waals surface area (Å²) in [5, 5.41) is 21.4. The minimum atomic E-state index is -0.309. The summed E-state index contributed by atoms with van der Waals surface area (Å²) in [5.41, 5.74) is 4.18. The zero-order valence-electron chi connectivity index (χ0n) is 19.2. The first-order valence-electron chi connectivity index (χ1n) is 11.6. The van der Waals surface area contributed by atoms with Crippen LogP contribution in [-0.2, 0) is 27.4 Å². The fourth-order valence-electron chi connectivity index (χ4n) is 5.58. The average Bonchev–Trinajstić information content (AvgIpc) is 3.43. The number of nitrogens with one attached hydrogen (secondary N) is 2. The molecular weight excluding hydrogens is 420 g/mol. The van der Waals surface area contributed by atoms with Gasteiger partial charge in [-0.1, -0.05) is 17.4 Å². The molecule has 9 heteroatoms. The minimum Gasteiger partial charge on any atom is -0.456 e. The average molecular weight is 451 g/mol. The molecule has 174 valence electrons. The lowest BCUT2D eigenvalue weighted by Gasteiger charge is -2.36. The number of carbonyl (C=O) groups excluding carboxylic acids is 2. The smallest absolute Gasteiger partial charge is 0.336 e. The molecule has 33 heavy (non-hydrogen) atoms. The maximum atomic E-state index is 13.3. The Bertz CT molecular complexity index is 1070. The largest absolute Gasteiger partial charge is 0.456 e. The Morgan fingerprint density at radius 2 is 2.03 bits per heavy atom. The predicted octanol–water partition coefficient (Wildman–Crippen LogP) is 2.91. The van der Waals surface area contributed by atoms with Crippen LogP contribution in [-0.4, -0.2) is 53.9 Å². The van der Waals surface area contributed by atoms with E-state index in [1.54, 1.807) is 23.9 Å². The molecule has 0 radical (unpaired) electrons. The van der Waals surface area contributed by atoms with Crippen LogP contribution in [0.15, 0.2) is 39.8 Å². The van der Waals surface area contributed by atoms with Crippen LogP contribution in [0.3, 0.4) is 0 Å². The summed E-state index contributed by atoms with van der Waals surface area (Å²) in [7, 11) is 1.61. The molecule has 0 aromatic heterocycles. The Balaban J connectivity index is 1.17. The van der Waals surface area contributed by atoms with Gasteiger partial charge in [0.15, 0.2) is 5.84 Å². The number of esters is 1. The molecule has 3 heterocycles. The minimum absolute atomic E-state index is 0.166. The second-order valence-corrected chi connectivity index (χ2v) is 9.48. The number of amides is 1. The number of carbonyl (C=O) groups is 2. The number of fused-ring (bicyclic) bond motifs is 1. The van der Waals surface area contributed by atoms with Crippen molar-refractivity contribution in [2.45, 2.75) is 58.2 Å². The van der Waals surface area contributed by atoms with Gasteiger partial charge in [0.25, 0.3) is 0 Å². The van der Waals surface area contributed by atoms with Crippen molar-refractivity contribution >= 4 is 17.7 Å². The molecule has 1 amide bonds. The summed E-state index contributed by atoms with van der Waals surface area (Å²) >= 11 is 0. The van der Waals surface area contributed by atoms with Crippen LogP contribution in [0.4, 0.5) is 0 Å². The van der Waals surface area contributed by atoms with Crippen molar-refractivity contribution in [3.05, 3.63) is 46.2 Å². The van der Waals surface area contributed by atoms with E-state index in [-0.39, 0.29) is 23.9 Å². The molecule has 1 saturated carbocycles. The quantitative estimate of drug-likeness (QED) is 0.529. The van der Waals surface area contributed by atoms with Gasteiger partial charge in [0, 0.05) is 24.7 Å². The molecule has 4 aliphatic rings. The number of likely N-dealkylation sites (tertiary alicyclic amines) is 1. The van der Waals surface area contributed by atoms with Crippen LogP contribution >= 0.6 is 0 Å². The molecular formula is C24H30N6O3. The molecule has 5 rings (SSSR count). The van der Waals surface area contributed by atoms with E-state index in [2.05, 4.69) is 33.9 Å². The zero-order chi connectivity index (χ0) is 23.2. The number of amidine groups is 1. The Hall–Kier alpha value is -3.07. The summed E-state index contributed by atoms with van der Waals surface area (Å²) in [4.78, 5) is 26.8. The van der Waals surface area contributed by atoms with E-state index in [9.17, 15) is 9.59 Å². The van der Waals surface area contributed by atoms with Crippen molar-refractivity contribution in [3.8, 4) is 0 Å². The molecule has 1 saturated heterocycles. The van der Waals surface area contributed by atoms with Gasteiger partial charge < -0.3 is 15.0 Å². The third kappa shape index (κ3) is 3.74. The van der Waals surface area contributed by atoms with Crippen LogP contribution in [0.2, 0.25) is 0 Å². The second kappa shape index (κ2) is 8.37. The predicted molar refractivity (Wildman–Crippen MR) is 121 cm³/mol. The second-order valence-electron chi connectivity index (χ2n) is 9.48. The highest BCUT2D eigenvalue weighted by atomic mass is 16.5.